The van der Waals surface area contributed by atoms with Crippen LogP contribution in [0.1, 0.15) is 20.9 Å². The molecule has 3 aromatic carbocycles. The standard InChI is InChI=1S/C27H24N4O3S/c32-25(24-18-20-10-4-7-13-23(20)34-24)29-27(35)28-21-11-5-6-12-22(21)30-14-16-31(17-15-30)26(33)19-8-2-1-3-9-19/h1-13,18H,14-17H2,(H2,28,29,32,35). The van der Waals surface area contributed by atoms with Crippen molar-refractivity contribution in [2.75, 3.05) is 36.4 Å². The van der Waals surface area contributed by atoms with Crippen LogP contribution in [0.15, 0.2) is 89.3 Å². The van der Waals surface area contributed by atoms with E-state index >= 15 is 0 Å². The van der Waals surface area contributed by atoms with Gasteiger partial charge in [-0.2, -0.15) is 0 Å². The van der Waals surface area contributed by atoms with Crippen LogP contribution in [-0.2, 0) is 0 Å². The summed E-state index contributed by atoms with van der Waals surface area (Å²) in [4.78, 5) is 29.5. The quantitative estimate of drug-likeness (QED) is 0.415. The highest BCUT2D eigenvalue weighted by Gasteiger charge is 2.23. The molecule has 5 rings (SSSR count). The predicted molar refractivity (Wildman–Crippen MR) is 141 cm³/mol. The van der Waals surface area contributed by atoms with Crippen molar-refractivity contribution in [3.63, 3.8) is 0 Å². The van der Waals surface area contributed by atoms with Gasteiger partial charge in [0, 0.05) is 37.1 Å². The summed E-state index contributed by atoms with van der Waals surface area (Å²) in [5, 5.41) is 6.86. The zero-order valence-corrected chi connectivity index (χ0v) is 19.8. The van der Waals surface area contributed by atoms with Crippen LogP contribution in [0.5, 0.6) is 0 Å². The number of carbonyl (C=O) groups excluding carboxylic acids is 2. The Labute approximate surface area is 208 Å². The minimum atomic E-state index is -0.413. The third-order valence-electron chi connectivity index (χ3n) is 5.96. The number of anilines is 2. The maximum absolute atomic E-state index is 12.8. The Morgan fingerprint density at radius 2 is 1.51 bits per heavy atom. The largest absolute Gasteiger partial charge is 0.451 e. The van der Waals surface area contributed by atoms with Crippen molar-refractivity contribution >= 4 is 51.5 Å². The fourth-order valence-corrected chi connectivity index (χ4v) is 4.38. The molecule has 7 nitrogen and oxygen atoms in total. The molecule has 4 aromatic rings. The van der Waals surface area contributed by atoms with E-state index in [1.165, 1.54) is 0 Å². The molecule has 1 aliphatic rings. The first-order valence-electron chi connectivity index (χ1n) is 11.4. The van der Waals surface area contributed by atoms with Crippen LogP contribution in [0.4, 0.5) is 11.4 Å². The van der Waals surface area contributed by atoms with Crippen molar-refractivity contribution < 1.29 is 14.0 Å². The third kappa shape index (κ3) is 5.02. The molecule has 2 heterocycles. The number of carbonyl (C=O) groups is 2. The second-order valence-electron chi connectivity index (χ2n) is 8.22. The van der Waals surface area contributed by atoms with Crippen LogP contribution in [-0.4, -0.2) is 48.0 Å². The van der Waals surface area contributed by atoms with Crippen LogP contribution >= 0.6 is 12.2 Å². The van der Waals surface area contributed by atoms with E-state index < -0.39 is 5.91 Å². The Morgan fingerprint density at radius 3 is 2.29 bits per heavy atom. The lowest BCUT2D eigenvalue weighted by Gasteiger charge is -2.37. The van der Waals surface area contributed by atoms with Gasteiger partial charge in [0.1, 0.15) is 5.58 Å². The van der Waals surface area contributed by atoms with Crippen LogP contribution in [0.2, 0.25) is 0 Å². The Morgan fingerprint density at radius 1 is 0.829 bits per heavy atom. The number of furan rings is 1. The topological polar surface area (TPSA) is 77.8 Å². The van der Waals surface area contributed by atoms with Crippen molar-refractivity contribution in [1.29, 1.82) is 0 Å². The first kappa shape index (κ1) is 22.6. The van der Waals surface area contributed by atoms with Crippen LogP contribution in [0, 0.1) is 0 Å². The lowest BCUT2D eigenvalue weighted by atomic mass is 10.1. The normalized spacial score (nSPS) is 13.5. The highest BCUT2D eigenvalue weighted by molar-refractivity contribution is 7.80. The Balaban J connectivity index is 1.22. The zero-order valence-electron chi connectivity index (χ0n) is 18.9. The number of hydrogen-bond donors (Lipinski definition) is 2. The number of piperazine rings is 1. The maximum Gasteiger partial charge on any atom is 0.293 e. The summed E-state index contributed by atoms with van der Waals surface area (Å²) in [5.74, 6) is -0.168. The molecule has 0 saturated carbocycles. The van der Waals surface area contributed by atoms with Crippen molar-refractivity contribution in [3.05, 3.63) is 96.3 Å². The van der Waals surface area contributed by atoms with Gasteiger partial charge in [-0.25, -0.2) is 0 Å². The van der Waals surface area contributed by atoms with E-state index in [0.29, 0.717) is 37.3 Å². The second kappa shape index (κ2) is 9.99. The molecule has 35 heavy (non-hydrogen) atoms. The molecule has 0 spiro atoms. The fraction of sp³-hybridized carbons (Fsp3) is 0.148. The lowest BCUT2D eigenvalue weighted by Crippen LogP contribution is -2.49. The first-order valence-corrected chi connectivity index (χ1v) is 11.8. The molecule has 0 bridgehead atoms. The van der Waals surface area contributed by atoms with Gasteiger partial charge in [-0.3, -0.25) is 14.9 Å². The van der Waals surface area contributed by atoms with Gasteiger partial charge in [-0.15, -0.1) is 0 Å². The summed E-state index contributed by atoms with van der Waals surface area (Å²) < 4.78 is 5.62. The number of fused-ring (bicyclic) bond motifs is 1. The van der Waals surface area contributed by atoms with Crippen molar-refractivity contribution in [1.82, 2.24) is 10.2 Å². The van der Waals surface area contributed by atoms with E-state index in [2.05, 4.69) is 15.5 Å². The Kier molecular flexibility index (Phi) is 6.45. The van der Waals surface area contributed by atoms with E-state index in [1.807, 2.05) is 83.8 Å². The number of nitrogens with one attached hydrogen (secondary N) is 2. The molecule has 0 atom stereocenters. The van der Waals surface area contributed by atoms with Gasteiger partial charge in [0.05, 0.1) is 11.4 Å². The van der Waals surface area contributed by atoms with E-state index in [9.17, 15) is 9.59 Å². The van der Waals surface area contributed by atoms with E-state index in [0.717, 1.165) is 16.8 Å². The molecule has 1 aromatic heterocycles. The van der Waals surface area contributed by atoms with Crippen LogP contribution in [0.3, 0.4) is 0 Å². The van der Waals surface area contributed by atoms with Gasteiger partial charge in [-0.05, 0) is 48.6 Å². The second-order valence-corrected chi connectivity index (χ2v) is 8.63. The van der Waals surface area contributed by atoms with Gasteiger partial charge in [0.25, 0.3) is 11.8 Å². The van der Waals surface area contributed by atoms with E-state index in [4.69, 9.17) is 16.6 Å². The fourth-order valence-electron chi connectivity index (χ4n) is 4.18. The number of rotatable bonds is 4. The third-order valence-corrected chi connectivity index (χ3v) is 6.16. The van der Waals surface area contributed by atoms with E-state index in [-0.39, 0.29) is 16.8 Å². The molecule has 0 unspecified atom stereocenters. The predicted octanol–water partition coefficient (Wildman–Crippen LogP) is 4.52. The average Bonchev–Trinajstić information content (AvgIpc) is 3.34. The lowest BCUT2D eigenvalue weighted by molar-refractivity contribution is 0.0746. The zero-order chi connectivity index (χ0) is 24.2. The highest BCUT2D eigenvalue weighted by Crippen LogP contribution is 2.27. The summed E-state index contributed by atoms with van der Waals surface area (Å²) in [7, 11) is 0. The number of hydrogen-bond acceptors (Lipinski definition) is 5. The van der Waals surface area contributed by atoms with Crippen molar-refractivity contribution in [2.24, 2.45) is 0 Å². The van der Waals surface area contributed by atoms with Gasteiger partial charge in [0.2, 0.25) is 0 Å². The molecule has 2 amide bonds. The molecule has 1 aliphatic heterocycles. The number of benzene rings is 3. The van der Waals surface area contributed by atoms with Gasteiger partial charge >= 0.3 is 0 Å². The minimum absolute atomic E-state index is 0.0473. The number of para-hydroxylation sites is 3. The van der Waals surface area contributed by atoms with Crippen LogP contribution in [0.25, 0.3) is 11.0 Å². The molecule has 1 saturated heterocycles. The minimum Gasteiger partial charge on any atom is -0.451 e. The first-order chi connectivity index (χ1) is 17.1. The van der Waals surface area contributed by atoms with Gasteiger partial charge in [-0.1, -0.05) is 48.5 Å². The number of nitrogens with zero attached hydrogens (tertiary/aromatic N) is 2. The smallest absolute Gasteiger partial charge is 0.293 e. The Bertz CT molecular complexity index is 1340. The summed E-state index contributed by atoms with van der Waals surface area (Å²) >= 11 is 5.41. The van der Waals surface area contributed by atoms with Crippen LogP contribution < -0.4 is 15.5 Å². The summed E-state index contributed by atoms with van der Waals surface area (Å²) in [6.07, 6.45) is 0. The van der Waals surface area contributed by atoms with Gasteiger partial charge in [0.15, 0.2) is 10.9 Å². The molecular weight excluding hydrogens is 460 g/mol. The maximum atomic E-state index is 12.8. The molecule has 8 heteroatoms. The molecule has 0 radical (unpaired) electrons. The summed E-state index contributed by atoms with van der Waals surface area (Å²) in [6, 6.07) is 26.3. The average molecular weight is 485 g/mol. The molecule has 176 valence electrons. The molecule has 1 fully saturated rings. The number of amides is 2. The van der Waals surface area contributed by atoms with Crippen molar-refractivity contribution in [3.8, 4) is 0 Å². The summed E-state index contributed by atoms with van der Waals surface area (Å²) in [5.41, 5.74) is 3.09. The molecule has 2 N–H and O–H groups in total. The monoisotopic (exact) mass is 484 g/mol. The molecule has 0 aliphatic carbocycles. The van der Waals surface area contributed by atoms with E-state index in [1.54, 1.807) is 6.07 Å². The highest BCUT2D eigenvalue weighted by atomic mass is 32.1. The molecular formula is C27H24N4O3S. The van der Waals surface area contributed by atoms with Crippen molar-refractivity contribution in [2.45, 2.75) is 0 Å². The summed E-state index contributed by atoms with van der Waals surface area (Å²) in [6.45, 7) is 2.62. The Hall–Kier alpha value is -4.17. The number of thiocarbonyl (C=S) groups is 1. The SMILES string of the molecule is O=C(NC(=S)Nc1ccccc1N1CCN(C(=O)c2ccccc2)CC1)c1cc2ccccc2o1. The van der Waals surface area contributed by atoms with Gasteiger partial charge < -0.3 is 19.5 Å².